The van der Waals surface area contributed by atoms with Crippen LogP contribution in [0.4, 0.5) is 14.6 Å². The lowest BCUT2D eigenvalue weighted by Crippen LogP contribution is -2.24. The van der Waals surface area contributed by atoms with Crippen molar-refractivity contribution >= 4 is 23.5 Å². The molecule has 0 aliphatic carbocycles. The number of benzene rings is 1. The molecule has 0 bridgehead atoms. The van der Waals surface area contributed by atoms with Gasteiger partial charge in [0.2, 0.25) is 5.91 Å². The lowest BCUT2D eigenvalue weighted by Gasteiger charge is -2.15. The van der Waals surface area contributed by atoms with Gasteiger partial charge in [0.1, 0.15) is 17.5 Å². The van der Waals surface area contributed by atoms with Gasteiger partial charge in [0.05, 0.1) is 11.4 Å². The van der Waals surface area contributed by atoms with Crippen LogP contribution >= 0.6 is 11.8 Å². The molecule has 4 nitrogen and oxygen atoms in total. The molecule has 2 aromatic rings. The van der Waals surface area contributed by atoms with Crippen LogP contribution in [-0.2, 0) is 4.79 Å². The predicted octanol–water partition coefficient (Wildman–Crippen LogP) is 3.86. The molecule has 0 spiro atoms. The highest BCUT2D eigenvalue weighted by Crippen LogP contribution is 2.27. The number of halogens is 2. The summed E-state index contributed by atoms with van der Waals surface area (Å²) in [4.78, 5) is 12.3. The fourth-order valence-electron chi connectivity index (χ4n) is 1.86. The number of rotatable bonds is 5. The van der Waals surface area contributed by atoms with Crippen LogP contribution in [-0.4, -0.2) is 20.9 Å². The zero-order valence-corrected chi connectivity index (χ0v) is 13.3. The van der Waals surface area contributed by atoms with Gasteiger partial charge in [-0.25, -0.2) is 13.5 Å². The minimum absolute atomic E-state index is 0.105. The molecule has 0 saturated carbocycles. The molecule has 2 rings (SSSR count). The topological polar surface area (TPSA) is 46.9 Å². The molecule has 7 heteroatoms. The molecule has 1 atom stereocenters. The lowest BCUT2D eigenvalue weighted by atomic mass is 10.3. The summed E-state index contributed by atoms with van der Waals surface area (Å²) >= 11 is 0.972. The Morgan fingerprint density at radius 3 is 2.68 bits per heavy atom. The van der Waals surface area contributed by atoms with E-state index in [1.807, 2.05) is 13.8 Å². The second-order valence-corrected chi connectivity index (χ2v) is 6.46. The van der Waals surface area contributed by atoms with E-state index in [1.54, 1.807) is 23.9 Å². The predicted molar refractivity (Wildman–Crippen MR) is 82.9 cm³/mol. The highest BCUT2D eigenvalue weighted by atomic mass is 32.2. The molecule has 0 aliphatic rings. The van der Waals surface area contributed by atoms with Gasteiger partial charge in [-0.2, -0.15) is 5.10 Å². The third-order valence-corrected chi connectivity index (χ3v) is 4.11. The van der Waals surface area contributed by atoms with Crippen molar-refractivity contribution in [3.8, 4) is 0 Å². The first-order valence-electron chi connectivity index (χ1n) is 6.84. The van der Waals surface area contributed by atoms with Gasteiger partial charge in [-0.3, -0.25) is 4.79 Å². The van der Waals surface area contributed by atoms with Gasteiger partial charge in [-0.05, 0) is 39.0 Å². The van der Waals surface area contributed by atoms with Gasteiger partial charge < -0.3 is 5.32 Å². The van der Waals surface area contributed by atoms with E-state index < -0.39 is 16.9 Å². The number of carbonyl (C=O) groups is 1. The smallest absolute Gasteiger partial charge is 0.238 e. The van der Waals surface area contributed by atoms with Crippen LogP contribution in [0, 0.1) is 11.6 Å². The highest BCUT2D eigenvalue weighted by molar-refractivity contribution is 8.00. The molecule has 0 fully saturated rings. The van der Waals surface area contributed by atoms with Gasteiger partial charge in [0.15, 0.2) is 0 Å². The van der Waals surface area contributed by atoms with Crippen molar-refractivity contribution in [1.82, 2.24) is 9.78 Å². The van der Waals surface area contributed by atoms with Gasteiger partial charge in [0, 0.05) is 17.0 Å². The number of nitrogens with zero attached hydrogens (tertiary/aromatic N) is 2. The number of nitrogens with one attached hydrogen (secondary N) is 1. The molecular formula is C15H17F2N3OS. The van der Waals surface area contributed by atoms with Crippen LogP contribution in [0.2, 0.25) is 0 Å². The van der Waals surface area contributed by atoms with Gasteiger partial charge in [-0.1, -0.05) is 0 Å². The Morgan fingerprint density at radius 2 is 2.00 bits per heavy atom. The van der Waals surface area contributed by atoms with Crippen LogP contribution in [0.15, 0.2) is 35.4 Å². The highest BCUT2D eigenvalue weighted by Gasteiger charge is 2.19. The zero-order valence-electron chi connectivity index (χ0n) is 12.5. The Kier molecular flexibility index (Phi) is 5.18. The fraction of sp³-hybridized carbons (Fsp3) is 0.333. The summed E-state index contributed by atoms with van der Waals surface area (Å²) < 4.78 is 28.4. The van der Waals surface area contributed by atoms with Crippen LogP contribution < -0.4 is 5.32 Å². The first-order valence-corrected chi connectivity index (χ1v) is 7.72. The molecule has 0 aliphatic heterocycles. The third kappa shape index (κ3) is 3.85. The van der Waals surface area contributed by atoms with Gasteiger partial charge in [-0.15, -0.1) is 11.8 Å². The number of thioether (sulfide) groups is 1. The summed E-state index contributed by atoms with van der Waals surface area (Å²) in [5.74, 6) is -0.795. The monoisotopic (exact) mass is 325 g/mol. The van der Waals surface area contributed by atoms with Crippen LogP contribution in [0.1, 0.15) is 26.8 Å². The molecule has 22 heavy (non-hydrogen) atoms. The average molecular weight is 325 g/mol. The minimum atomic E-state index is -0.577. The molecule has 1 unspecified atom stereocenters. The second kappa shape index (κ2) is 6.91. The summed E-state index contributed by atoms with van der Waals surface area (Å²) in [5.41, 5.74) is 0. The summed E-state index contributed by atoms with van der Waals surface area (Å²) in [6.07, 6.45) is 1.60. The first-order chi connectivity index (χ1) is 10.4. The van der Waals surface area contributed by atoms with Crippen molar-refractivity contribution in [2.75, 3.05) is 5.32 Å². The van der Waals surface area contributed by atoms with E-state index in [-0.39, 0.29) is 16.8 Å². The summed E-state index contributed by atoms with van der Waals surface area (Å²) in [7, 11) is 0. The Hall–Kier alpha value is -1.89. The molecule has 0 saturated heterocycles. The van der Waals surface area contributed by atoms with Crippen LogP contribution in [0.5, 0.6) is 0 Å². The van der Waals surface area contributed by atoms with E-state index >= 15 is 0 Å². The quantitative estimate of drug-likeness (QED) is 0.849. The van der Waals surface area contributed by atoms with E-state index in [9.17, 15) is 13.6 Å². The number of carbonyl (C=O) groups excluding carboxylic acids is 1. The maximum Gasteiger partial charge on any atom is 0.238 e. The molecule has 118 valence electrons. The molecule has 1 heterocycles. The third-order valence-electron chi connectivity index (χ3n) is 2.98. The summed E-state index contributed by atoms with van der Waals surface area (Å²) in [6.45, 7) is 5.53. The Balaban J connectivity index is 2.06. The van der Waals surface area contributed by atoms with Crippen molar-refractivity contribution < 1.29 is 13.6 Å². The number of aromatic nitrogens is 2. The largest absolute Gasteiger partial charge is 0.310 e. The lowest BCUT2D eigenvalue weighted by molar-refractivity contribution is -0.115. The first kappa shape index (κ1) is 16.5. The van der Waals surface area contributed by atoms with Crippen molar-refractivity contribution in [1.29, 1.82) is 0 Å². The molecule has 1 N–H and O–H groups in total. The maximum atomic E-state index is 13.6. The number of amides is 1. The maximum absolute atomic E-state index is 13.6. The van der Waals surface area contributed by atoms with Crippen molar-refractivity contribution in [3.63, 3.8) is 0 Å². The van der Waals surface area contributed by atoms with E-state index in [1.165, 1.54) is 0 Å². The SMILES string of the molecule is CC(Sc1cc(F)ccc1F)C(=O)Nc1ccnn1C(C)C. The zero-order chi connectivity index (χ0) is 16.3. The Labute approximate surface area is 131 Å². The Bertz CT molecular complexity index is 673. The number of anilines is 1. The summed E-state index contributed by atoms with van der Waals surface area (Å²) in [6, 6.07) is 4.98. The number of hydrogen-bond donors (Lipinski definition) is 1. The van der Waals surface area contributed by atoms with Crippen molar-refractivity contribution in [2.24, 2.45) is 0 Å². The molecular weight excluding hydrogens is 308 g/mol. The fourth-order valence-corrected chi connectivity index (χ4v) is 2.77. The van der Waals surface area contributed by atoms with Crippen molar-refractivity contribution in [3.05, 3.63) is 42.1 Å². The van der Waals surface area contributed by atoms with E-state index in [4.69, 9.17) is 0 Å². The standard InChI is InChI=1S/C15H17F2N3OS/c1-9(2)20-14(6-7-18-20)19-15(21)10(3)22-13-8-11(16)4-5-12(13)17/h4-10H,1-3H3,(H,19,21). The molecule has 1 aromatic carbocycles. The minimum Gasteiger partial charge on any atom is -0.310 e. The summed E-state index contributed by atoms with van der Waals surface area (Å²) in [5, 5.41) is 6.30. The molecule has 0 radical (unpaired) electrons. The van der Waals surface area contributed by atoms with Gasteiger partial charge in [0.25, 0.3) is 0 Å². The molecule has 1 amide bonds. The van der Waals surface area contributed by atoms with E-state index in [0.29, 0.717) is 5.82 Å². The van der Waals surface area contributed by atoms with E-state index in [0.717, 1.165) is 30.0 Å². The Morgan fingerprint density at radius 1 is 1.27 bits per heavy atom. The normalized spacial score (nSPS) is 12.5. The van der Waals surface area contributed by atoms with Crippen LogP contribution in [0.3, 0.4) is 0 Å². The average Bonchev–Trinajstić information content (AvgIpc) is 2.91. The van der Waals surface area contributed by atoms with Gasteiger partial charge >= 0.3 is 0 Å². The second-order valence-electron chi connectivity index (χ2n) is 5.08. The number of hydrogen-bond acceptors (Lipinski definition) is 3. The van der Waals surface area contributed by atoms with Crippen molar-refractivity contribution in [2.45, 2.75) is 37.0 Å². The molecule has 1 aromatic heterocycles. The van der Waals surface area contributed by atoms with E-state index in [2.05, 4.69) is 10.4 Å². The van der Waals surface area contributed by atoms with Crippen LogP contribution in [0.25, 0.3) is 0 Å².